The predicted molar refractivity (Wildman–Crippen MR) is 82.1 cm³/mol. The van der Waals surface area contributed by atoms with Crippen molar-refractivity contribution in [2.45, 2.75) is 11.4 Å². The lowest BCUT2D eigenvalue weighted by Gasteiger charge is -2.16. The van der Waals surface area contributed by atoms with Gasteiger partial charge in [0.1, 0.15) is 5.04 Å². The third-order valence-electron chi connectivity index (χ3n) is 3.20. The molecule has 1 heterocycles. The average Bonchev–Trinajstić information content (AvgIpc) is 2.53. The van der Waals surface area contributed by atoms with Crippen molar-refractivity contribution < 1.29 is 9.47 Å². The highest BCUT2D eigenvalue weighted by Gasteiger charge is 2.16. The van der Waals surface area contributed by atoms with E-state index in [1.807, 2.05) is 18.2 Å². The van der Waals surface area contributed by atoms with Crippen molar-refractivity contribution in [2.75, 3.05) is 14.2 Å². The third kappa shape index (κ3) is 2.39. The van der Waals surface area contributed by atoms with Gasteiger partial charge in [0.2, 0.25) is 0 Å². The molecule has 0 aromatic heterocycles. The lowest BCUT2D eigenvalue weighted by molar-refractivity contribution is 0.355. The van der Waals surface area contributed by atoms with Gasteiger partial charge in [-0.15, -0.1) is 0 Å². The highest BCUT2D eigenvalue weighted by molar-refractivity contribution is 8.14. The van der Waals surface area contributed by atoms with E-state index in [0.717, 1.165) is 28.7 Å². The van der Waals surface area contributed by atoms with Gasteiger partial charge in [-0.05, 0) is 29.8 Å². The fraction of sp³-hybridized carbons (Fsp3) is 0.188. The predicted octanol–water partition coefficient (Wildman–Crippen LogP) is 3.76. The molecule has 1 aliphatic heterocycles. The minimum Gasteiger partial charge on any atom is -0.493 e. The number of hydrogen-bond donors (Lipinski definition) is 0. The number of hydrogen-bond acceptors (Lipinski definition) is 4. The molecular weight excluding hydrogens is 270 g/mol. The highest BCUT2D eigenvalue weighted by atomic mass is 32.2. The van der Waals surface area contributed by atoms with Gasteiger partial charge in [0.05, 0.1) is 20.8 Å². The van der Waals surface area contributed by atoms with Crippen molar-refractivity contribution >= 4 is 16.8 Å². The minimum absolute atomic E-state index is 0.729. The van der Waals surface area contributed by atoms with E-state index >= 15 is 0 Å². The van der Waals surface area contributed by atoms with Crippen LogP contribution in [0.2, 0.25) is 0 Å². The Bertz CT molecular complexity index is 667. The van der Waals surface area contributed by atoms with Crippen LogP contribution in [0, 0.1) is 0 Å². The number of thioether (sulfide) groups is 1. The van der Waals surface area contributed by atoms with Gasteiger partial charge in [0.25, 0.3) is 0 Å². The van der Waals surface area contributed by atoms with Gasteiger partial charge in [0, 0.05) is 10.5 Å². The highest BCUT2D eigenvalue weighted by Crippen LogP contribution is 2.35. The topological polar surface area (TPSA) is 30.8 Å². The largest absolute Gasteiger partial charge is 0.493 e. The molecule has 0 fully saturated rings. The quantitative estimate of drug-likeness (QED) is 0.860. The van der Waals surface area contributed by atoms with Gasteiger partial charge < -0.3 is 9.47 Å². The summed E-state index contributed by atoms with van der Waals surface area (Å²) < 4.78 is 10.6. The van der Waals surface area contributed by atoms with Gasteiger partial charge in [-0.1, -0.05) is 30.0 Å². The molecule has 0 N–H and O–H groups in total. The molecule has 2 aromatic rings. The van der Waals surface area contributed by atoms with Gasteiger partial charge >= 0.3 is 0 Å². The lowest BCUT2D eigenvalue weighted by atomic mass is 10.2. The van der Waals surface area contributed by atoms with E-state index in [9.17, 15) is 0 Å². The number of methoxy groups -OCH3 is 2. The Hall–Kier alpha value is -1.94. The summed E-state index contributed by atoms with van der Waals surface area (Å²) in [7, 11) is 3.29. The third-order valence-corrected chi connectivity index (χ3v) is 4.38. The Labute approximate surface area is 122 Å². The van der Waals surface area contributed by atoms with Crippen LogP contribution in [-0.2, 0) is 6.54 Å². The molecule has 3 rings (SSSR count). The van der Waals surface area contributed by atoms with Crippen molar-refractivity contribution in [2.24, 2.45) is 4.99 Å². The zero-order valence-corrected chi connectivity index (χ0v) is 12.2. The summed E-state index contributed by atoms with van der Waals surface area (Å²) in [5, 5.41) is 1.02. The molecule has 0 aliphatic carbocycles. The first kappa shape index (κ1) is 13.1. The first-order valence-corrected chi connectivity index (χ1v) is 7.16. The van der Waals surface area contributed by atoms with Crippen molar-refractivity contribution in [3.8, 4) is 11.5 Å². The molecule has 4 heteroatoms. The molecule has 3 nitrogen and oxygen atoms in total. The van der Waals surface area contributed by atoms with Crippen LogP contribution in [0.15, 0.2) is 52.4 Å². The van der Waals surface area contributed by atoms with Crippen LogP contribution in [0.4, 0.5) is 0 Å². The normalized spacial score (nSPS) is 13.4. The van der Waals surface area contributed by atoms with Crippen LogP contribution in [0.25, 0.3) is 0 Å². The van der Waals surface area contributed by atoms with Gasteiger partial charge in [-0.25, -0.2) is 0 Å². The summed E-state index contributed by atoms with van der Waals surface area (Å²) in [6.07, 6.45) is 0. The summed E-state index contributed by atoms with van der Waals surface area (Å²) in [6, 6.07) is 14.3. The number of benzene rings is 2. The van der Waals surface area contributed by atoms with E-state index in [4.69, 9.17) is 9.47 Å². The number of aliphatic imine (C=N–C) groups is 1. The molecule has 0 unspecified atom stereocenters. The molecule has 0 spiro atoms. The monoisotopic (exact) mass is 285 g/mol. The second kappa shape index (κ2) is 5.59. The van der Waals surface area contributed by atoms with Crippen molar-refractivity contribution in [3.05, 3.63) is 53.6 Å². The van der Waals surface area contributed by atoms with Crippen molar-refractivity contribution in [3.63, 3.8) is 0 Å². The zero-order chi connectivity index (χ0) is 13.9. The summed E-state index contributed by atoms with van der Waals surface area (Å²) in [6.45, 7) is 0.729. The maximum atomic E-state index is 5.35. The molecule has 2 aromatic carbocycles. The number of fused-ring (bicyclic) bond motifs is 1. The summed E-state index contributed by atoms with van der Waals surface area (Å²) in [4.78, 5) is 5.93. The fourth-order valence-electron chi connectivity index (χ4n) is 2.15. The smallest absolute Gasteiger partial charge is 0.161 e. The van der Waals surface area contributed by atoms with E-state index < -0.39 is 0 Å². The Morgan fingerprint density at radius 3 is 2.60 bits per heavy atom. The molecular formula is C16H15NO2S. The second-order valence-electron chi connectivity index (χ2n) is 4.40. The number of nitrogens with zero attached hydrogens (tertiary/aromatic N) is 1. The zero-order valence-electron chi connectivity index (χ0n) is 11.4. The number of rotatable bonds is 3. The summed E-state index contributed by atoms with van der Waals surface area (Å²) >= 11 is 1.70. The Kier molecular flexibility index (Phi) is 3.65. The van der Waals surface area contributed by atoms with Crippen LogP contribution in [0.5, 0.6) is 11.5 Å². The van der Waals surface area contributed by atoms with Crippen molar-refractivity contribution in [1.82, 2.24) is 0 Å². The SMILES string of the molecule is COc1ccc(C2=NCc3ccccc3S2)cc1OC. The summed E-state index contributed by atoms with van der Waals surface area (Å²) in [5.41, 5.74) is 2.34. The molecule has 102 valence electrons. The fourth-order valence-corrected chi connectivity index (χ4v) is 3.14. The maximum absolute atomic E-state index is 5.35. The van der Waals surface area contributed by atoms with E-state index in [2.05, 4.69) is 29.3 Å². The van der Waals surface area contributed by atoms with Crippen LogP contribution >= 0.6 is 11.8 Å². The van der Waals surface area contributed by atoms with E-state index in [1.54, 1.807) is 26.0 Å². The van der Waals surface area contributed by atoms with Crippen LogP contribution < -0.4 is 9.47 Å². The first-order chi connectivity index (χ1) is 9.81. The Morgan fingerprint density at radius 1 is 1.00 bits per heavy atom. The van der Waals surface area contributed by atoms with E-state index in [0.29, 0.717) is 0 Å². The minimum atomic E-state index is 0.729. The molecule has 0 bridgehead atoms. The van der Waals surface area contributed by atoms with Gasteiger partial charge in [0.15, 0.2) is 11.5 Å². The molecule has 0 radical (unpaired) electrons. The number of ether oxygens (including phenoxy) is 2. The molecule has 0 saturated carbocycles. The molecule has 0 saturated heterocycles. The van der Waals surface area contributed by atoms with Crippen LogP contribution in [0.3, 0.4) is 0 Å². The molecule has 0 atom stereocenters. The Balaban J connectivity index is 1.93. The summed E-state index contributed by atoms with van der Waals surface area (Å²) in [5.74, 6) is 1.46. The van der Waals surface area contributed by atoms with Gasteiger partial charge in [-0.3, -0.25) is 4.99 Å². The van der Waals surface area contributed by atoms with Crippen LogP contribution in [0.1, 0.15) is 11.1 Å². The standard InChI is InChI=1S/C16H15NO2S/c1-18-13-8-7-11(9-14(13)19-2)16-17-10-12-5-3-4-6-15(12)20-16/h3-9H,10H2,1-2H3. The van der Waals surface area contributed by atoms with E-state index in [1.165, 1.54) is 10.5 Å². The van der Waals surface area contributed by atoms with Crippen LogP contribution in [-0.4, -0.2) is 19.3 Å². The van der Waals surface area contributed by atoms with Crippen molar-refractivity contribution in [1.29, 1.82) is 0 Å². The molecule has 0 amide bonds. The van der Waals surface area contributed by atoms with E-state index in [-0.39, 0.29) is 0 Å². The first-order valence-electron chi connectivity index (χ1n) is 6.34. The maximum Gasteiger partial charge on any atom is 0.161 e. The molecule has 20 heavy (non-hydrogen) atoms. The molecule has 1 aliphatic rings. The second-order valence-corrected chi connectivity index (χ2v) is 5.43. The Morgan fingerprint density at radius 2 is 1.80 bits per heavy atom. The lowest BCUT2D eigenvalue weighted by Crippen LogP contribution is -2.04. The van der Waals surface area contributed by atoms with Gasteiger partial charge in [-0.2, -0.15) is 0 Å². The average molecular weight is 285 g/mol.